The third kappa shape index (κ3) is 4.37. The Morgan fingerprint density at radius 1 is 1.20 bits per heavy atom. The number of hydrogen-bond acceptors (Lipinski definition) is 7. The number of carbonyl (C=O) groups is 1. The van der Waals surface area contributed by atoms with Gasteiger partial charge in [-0.2, -0.15) is 5.10 Å². The molecule has 3 heterocycles. The van der Waals surface area contributed by atoms with Gasteiger partial charge in [-0.15, -0.1) is 22.7 Å². The standard InChI is InChI=1S/C21H20N4O3S2/c1-13-15(9-25(2)24-13)16-12-30-21(22-16)23-20(26)19-8-14(11-29-19)10-28-18-7-5-4-6-17(18)27-3/h4-9,11-12H,10H2,1-3H3,(H,22,23,26). The molecule has 4 rings (SSSR count). The van der Waals surface area contributed by atoms with Crippen molar-refractivity contribution in [2.24, 2.45) is 7.05 Å². The summed E-state index contributed by atoms with van der Waals surface area (Å²) in [5.74, 6) is 1.15. The molecule has 0 atom stereocenters. The molecular weight excluding hydrogens is 420 g/mol. The van der Waals surface area contributed by atoms with Crippen LogP contribution in [0.15, 0.2) is 47.3 Å². The summed E-state index contributed by atoms with van der Waals surface area (Å²) in [6.07, 6.45) is 1.92. The van der Waals surface area contributed by atoms with Gasteiger partial charge in [0, 0.05) is 29.8 Å². The number of benzene rings is 1. The summed E-state index contributed by atoms with van der Waals surface area (Å²) < 4.78 is 12.9. The molecule has 0 aliphatic rings. The van der Waals surface area contributed by atoms with E-state index < -0.39 is 0 Å². The molecule has 1 N–H and O–H groups in total. The lowest BCUT2D eigenvalue weighted by Crippen LogP contribution is -2.09. The number of aromatic nitrogens is 3. The van der Waals surface area contributed by atoms with Crippen molar-refractivity contribution >= 4 is 33.7 Å². The minimum atomic E-state index is -0.188. The molecule has 0 aliphatic heterocycles. The molecule has 7 nitrogen and oxygen atoms in total. The Morgan fingerprint density at radius 3 is 2.73 bits per heavy atom. The van der Waals surface area contributed by atoms with Gasteiger partial charge in [-0.25, -0.2) is 4.98 Å². The summed E-state index contributed by atoms with van der Waals surface area (Å²) in [6, 6.07) is 9.30. The van der Waals surface area contributed by atoms with Crippen molar-refractivity contribution in [3.8, 4) is 22.8 Å². The van der Waals surface area contributed by atoms with Gasteiger partial charge in [0.25, 0.3) is 5.91 Å². The molecule has 0 bridgehead atoms. The Kier molecular flexibility index (Phi) is 5.82. The smallest absolute Gasteiger partial charge is 0.267 e. The average molecular weight is 441 g/mol. The molecule has 1 aromatic carbocycles. The molecule has 3 aromatic heterocycles. The van der Waals surface area contributed by atoms with E-state index in [2.05, 4.69) is 15.4 Å². The number of rotatable bonds is 7. The number of amides is 1. The fraction of sp³-hybridized carbons (Fsp3) is 0.190. The predicted molar refractivity (Wildman–Crippen MR) is 119 cm³/mol. The van der Waals surface area contributed by atoms with Crippen molar-refractivity contribution in [3.63, 3.8) is 0 Å². The first-order valence-corrected chi connectivity index (χ1v) is 10.9. The lowest BCUT2D eigenvalue weighted by atomic mass is 10.2. The molecule has 4 aromatic rings. The predicted octanol–water partition coefficient (Wildman–Crippen LogP) is 4.75. The Bertz CT molecular complexity index is 1180. The van der Waals surface area contributed by atoms with E-state index in [-0.39, 0.29) is 5.91 Å². The number of thiazole rings is 1. The average Bonchev–Trinajstić information content (AvgIpc) is 3.46. The maximum absolute atomic E-state index is 12.6. The third-order valence-corrected chi connectivity index (χ3v) is 6.09. The molecule has 9 heteroatoms. The summed E-state index contributed by atoms with van der Waals surface area (Å²) >= 11 is 2.76. The summed E-state index contributed by atoms with van der Waals surface area (Å²) in [7, 11) is 3.48. The number of thiophene rings is 1. The first kappa shape index (κ1) is 20.1. The van der Waals surface area contributed by atoms with Crippen molar-refractivity contribution in [3.05, 3.63) is 63.4 Å². The third-order valence-electron chi connectivity index (χ3n) is 4.36. The molecule has 0 aliphatic carbocycles. The van der Waals surface area contributed by atoms with Gasteiger partial charge >= 0.3 is 0 Å². The molecule has 30 heavy (non-hydrogen) atoms. The second-order valence-corrected chi connectivity index (χ2v) is 8.32. The normalized spacial score (nSPS) is 10.8. The fourth-order valence-electron chi connectivity index (χ4n) is 2.93. The highest BCUT2D eigenvalue weighted by Crippen LogP contribution is 2.29. The van der Waals surface area contributed by atoms with E-state index in [0.29, 0.717) is 28.1 Å². The van der Waals surface area contributed by atoms with Crippen LogP contribution >= 0.6 is 22.7 Å². The van der Waals surface area contributed by atoms with Gasteiger partial charge < -0.3 is 9.47 Å². The molecule has 0 fully saturated rings. The second-order valence-electron chi connectivity index (χ2n) is 6.55. The highest BCUT2D eigenvalue weighted by Gasteiger charge is 2.15. The van der Waals surface area contributed by atoms with Gasteiger partial charge in [0.1, 0.15) is 6.61 Å². The van der Waals surface area contributed by atoms with E-state index in [4.69, 9.17) is 9.47 Å². The highest BCUT2D eigenvalue weighted by molar-refractivity contribution is 7.14. The van der Waals surface area contributed by atoms with Gasteiger partial charge in [-0.3, -0.25) is 14.8 Å². The zero-order chi connectivity index (χ0) is 21.1. The number of nitrogens with zero attached hydrogens (tertiary/aromatic N) is 3. The molecule has 0 saturated heterocycles. The largest absolute Gasteiger partial charge is 0.493 e. The summed E-state index contributed by atoms with van der Waals surface area (Å²) in [6.45, 7) is 2.29. The Balaban J connectivity index is 1.39. The van der Waals surface area contributed by atoms with Crippen LogP contribution in [0.25, 0.3) is 11.3 Å². The maximum Gasteiger partial charge on any atom is 0.267 e. The van der Waals surface area contributed by atoms with Gasteiger partial charge in [0.15, 0.2) is 16.6 Å². The molecule has 0 saturated carbocycles. The SMILES string of the molecule is COc1ccccc1OCc1csc(C(=O)Nc2nc(-c3cn(C)nc3C)cs2)c1. The van der Waals surface area contributed by atoms with Crippen LogP contribution < -0.4 is 14.8 Å². The quantitative estimate of drug-likeness (QED) is 0.449. The first-order chi connectivity index (χ1) is 14.5. The fourth-order valence-corrected chi connectivity index (χ4v) is 4.43. The molecule has 0 radical (unpaired) electrons. The lowest BCUT2D eigenvalue weighted by molar-refractivity contribution is 0.103. The van der Waals surface area contributed by atoms with Gasteiger partial charge in [0.2, 0.25) is 0 Å². The van der Waals surface area contributed by atoms with Crippen LogP contribution in [0, 0.1) is 6.92 Å². The van der Waals surface area contributed by atoms with E-state index in [0.717, 1.165) is 22.5 Å². The number of hydrogen-bond donors (Lipinski definition) is 1. The molecule has 0 spiro atoms. The van der Waals surface area contributed by atoms with E-state index in [9.17, 15) is 4.79 Å². The molecule has 154 valence electrons. The van der Waals surface area contributed by atoms with E-state index in [1.165, 1.54) is 22.7 Å². The van der Waals surface area contributed by atoms with Gasteiger partial charge in [0.05, 0.1) is 23.4 Å². The summed E-state index contributed by atoms with van der Waals surface area (Å²) in [5.41, 5.74) is 3.58. The van der Waals surface area contributed by atoms with Crippen molar-refractivity contribution < 1.29 is 14.3 Å². The van der Waals surface area contributed by atoms with E-state index in [1.54, 1.807) is 11.8 Å². The monoisotopic (exact) mass is 440 g/mol. The van der Waals surface area contributed by atoms with Gasteiger partial charge in [-0.05, 0) is 30.5 Å². The van der Waals surface area contributed by atoms with Crippen molar-refractivity contribution in [1.29, 1.82) is 0 Å². The Morgan fingerprint density at radius 2 is 2.00 bits per heavy atom. The topological polar surface area (TPSA) is 78.3 Å². The van der Waals surface area contributed by atoms with Crippen molar-refractivity contribution in [1.82, 2.24) is 14.8 Å². The zero-order valence-corrected chi connectivity index (χ0v) is 18.3. The van der Waals surface area contributed by atoms with Crippen LogP contribution in [0.1, 0.15) is 20.9 Å². The van der Waals surface area contributed by atoms with Crippen LogP contribution in [-0.4, -0.2) is 27.8 Å². The molecule has 1 amide bonds. The van der Waals surface area contributed by atoms with Crippen molar-refractivity contribution in [2.45, 2.75) is 13.5 Å². The maximum atomic E-state index is 12.6. The number of aryl methyl sites for hydroxylation is 2. The van der Waals surface area contributed by atoms with Crippen LogP contribution in [0.3, 0.4) is 0 Å². The number of para-hydroxylation sites is 2. The van der Waals surface area contributed by atoms with Gasteiger partial charge in [-0.1, -0.05) is 12.1 Å². The lowest BCUT2D eigenvalue weighted by Gasteiger charge is -2.09. The number of nitrogens with one attached hydrogen (secondary N) is 1. The number of ether oxygens (including phenoxy) is 2. The minimum Gasteiger partial charge on any atom is -0.493 e. The summed E-state index contributed by atoms with van der Waals surface area (Å²) in [5, 5.41) is 11.6. The second kappa shape index (κ2) is 8.68. The first-order valence-electron chi connectivity index (χ1n) is 9.14. The van der Waals surface area contributed by atoms with Crippen LogP contribution in [-0.2, 0) is 13.7 Å². The van der Waals surface area contributed by atoms with Crippen LogP contribution in [0.5, 0.6) is 11.5 Å². The van der Waals surface area contributed by atoms with Crippen LogP contribution in [0.2, 0.25) is 0 Å². The number of methoxy groups -OCH3 is 1. The van der Waals surface area contributed by atoms with E-state index >= 15 is 0 Å². The number of carbonyl (C=O) groups excluding carboxylic acids is 1. The minimum absolute atomic E-state index is 0.188. The Labute approximate surface area is 181 Å². The molecule has 0 unspecified atom stereocenters. The van der Waals surface area contributed by atoms with E-state index in [1.807, 2.05) is 61.3 Å². The number of anilines is 1. The highest BCUT2D eigenvalue weighted by atomic mass is 32.1. The van der Waals surface area contributed by atoms with Crippen molar-refractivity contribution in [2.75, 3.05) is 12.4 Å². The Hall–Kier alpha value is -3.17. The summed E-state index contributed by atoms with van der Waals surface area (Å²) in [4.78, 5) is 17.7. The van der Waals surface area contributed by atoms with Crippen LogP contribution in [0.4, 0.5) is 5.13 Å². The zero-order valence-electron chi connectivity index (χ0n) is 16.7. The molecular formula is C21H20N4O3S2.